The zero-order valence-corrected chi connectivity index (χ0v) is 11.9. The van der Waals surface area contributed by atoms with Crippen LogP contribution in [0.5, 0.6) is 0 Å². The summed E-state index contributed by atoms with van der Waals surface area (Å²) in [6.45, 7) is 6.38. The highest BCUT2D eigenvalue weighted by molar-refractivity contribution is 7.05. The van der Waals surface area contributed by atoms with Crippen molar-refractivity contribution in [1.82, 2.24) is 9.59 Å². The molecule has 2 aromatic rings. The Morgan fingerprint density at radius 2 is 2.11 bits per heavy atom. The van der Waals surface area contributed by atoms with Crippen molar-refractivity contribution in [2.75, 3.05) is 0 Å². The summed E-state index contributed by atoms with van der Waals surface area (Å²) in [4.78, 5) is 1.10. The van der Waals surface area contributed by atoms with Crippen LogP contribution in [-0.4, -0.2) is 9.59 Å². The molecule has 1 atom stereocenters. The minimum Gasteiger partial charge on any atom is -0.319 e. The van der Waals surface area contributed by atoms with Crippen molar-refractivity contribution in [1.29, 1.82) is 0 Å². The number of aromatic nitrogens is 2. The van der Waals surface area contributed by atoms with Crippen LogP contribution in [0.25, 0.3) is 0 Å². The van der Waals surface area contributed by atoms with Gasteiger partial charge in [-0.1, -0.05) is 36.0 Å². The minimum absolute atomic E-state index is 0.105. The molecule has 0 spiro atoms. The normalized spacial score (nSPS) is 12.7. The van der Waals surface area contributed by atoms with Gasteiger partial charge in [0, 0.05) is 0 Å². The lowest BCUT2D eigenvalue weighted by Crippen LogP contribution is -2.14. The van der Waals surface area contributed by atoms with Gasteiger partial charge in [0.2, 0.25) is 0 Å². The first kappa shape index (κ1) is 13.2. The Hall–Kier alpha value is -1.26. The molecule has 0 aliphatic rings. The lowest BCUT2D eigenvalue weighted by Gasteiger charge is -2.15. The number of nitrogens with two attached hydrogens (primary N) is 1. The van der Waals surface area contributed by atoms with Crippen molar-refractivity contribution in [2.24, 2.45) is 5.73 Å². The first-order valence-corrected chi connectivity index (χ1v) is 7.05. The average Bonchev–Trinajstić information content (AvgIpc) is 2.80. The van der Waals surface area contributed by atoms with E-state index in [1.807, 2.05) is 0 Å². The molecule has 1 unspecified atom stereocenters. The molecule has 0 aliphatic carbocycles. The van der Waals surface area contributed by atoms with Crippen LogP contribution < -0.4 is 5.73 Å². The maximum absolute atomic E-state index is 6.39. The van der Waals surface area contributed by atoms with E-state index in [0.29, 0.717) is 0 Å². The minimum atomic E-state index is -0.105. The van der Waals surface area contributed by atoms with Crippen LogP contribution in [0.1, 0.15) is 46.6 Å². The SMILES string of the molecule is CCCc1nnsc1C(N)c1cccc(C)c1C. The van der Waals surface area contributed by atoms with E-state index in [-0.39, 0.29) is 6.04 Å². The quantitative estimate of drug-likeness (QED) is 0.919. The average molecular weight is 261 g/mol. The molecule has 0 amide bonds. The molecule has 0 fully saturated rings. The lowest BCUT2D eigenvalue weighted by molar-refractivity contribution is 0.809. The van der Waals surface area contributed by atoms with E-state index >= 15 is 0 Å². The zero-order chi connectivity index (χ0) is 13.1. The van der Waals surface area contributed by atoms with Crippen molar-refractivity contribution in [3.63, 3.8) is 0 Å². The molecule has 2 N–H and O–H groups in total. The first-order valence-electron chi connectivity index (χ1n) is 6.28. The number of aryl methyl sites for hydroxylation is 2. The summed E-state index contributed by atoms with van der Waals surface area (Å²) in [5.74, 6) is 0. The molecule has 2 rings (SSSR count). The summed E-state index contributed by atoms with van der Waals surface area (Å²) in [6, 6.07) is 6.17. The van der Waals surface area contributed by atoms with Gasteiger partial charge in [0.05, 0.1) is 16.6 Å². The molecule has 1 heterocycles. The van der Waals surface area contributed by atoms with Crippen LogP contribution >= 0.6 is 11.5 Å². The Kier molecular flexibility index (Phi) is 4.09. The summed E-state index contributed by atoms with van der Waals surface area (Å²) in [7, 11) is 0. The third-order valence-corrected chi connectivity index (χ3v) is 4.19. The largest absolute Gasteiger partial charge is 0.319 e. The van der Waals surface area contributed by atoms with Crippen molar-refractivity contribution in [3.8, 4) is 0 Å². The molecule has 1 aromatic carbocycles. The number of nitrogens with zero attached hydrogens (tertiary/aromatic N) is 2. The van der Waals surface area contributed by atoms with Gasteiger partial charge in [-0.15, -0.1) is 5.10 Å². The Balaban J connectivity index is 2.38. The van der Waals surface area contributed by atoms with Gasteiger partial charge in [-0.25, -0.2) is 0 Å². The predicted octanol–water partition coefficient (Wildman–Crippen LogP) is 3.16. The predicted molar refractivity (Wildman–Crippen MR) is 75.9 cm³/mol. The van der Waals surface area contributed by atoms with Gasteiger partial charge in [0.15, 0.2) is 0 Å². The third-order valence-electron chi connectivity index (χ3n) is 3.34. The summed E-state index contributed by atoms with van der Waals surface area (Å²) < 4.78 is 4.05. The smallest absolute Gasteiger partial charge is 0.0807 e. The third kappa shape index (κ3) is 2.44. The van der Waals surface area contributed by atoms with Crippen molar-refractivity contribution in [2.45, 2.75) is 39.7 Å². The molecule has 0 saturated heterocycles. The Bertz CT molecular complexity index is 534. The van der Waals surface area contributed by atoms with Crippen molar-refractivity contribution >= 4 is 11.5 Å². The second kappa shape index (κ2) is 5.59. The molecule has 0 bridgehead atoms. The number of hydrogen-bond acceptors (Lipinski definition) is 4. The fourth-order valence-corrected chi connectivity index (χ4v) is 2.83. The summed E-state index contributed by atoms with van der Waals surface area (Å²) in [5.41, 5.74) is 11.2. The van der Waals surface area contributed by atoms with Crippen LogP contribution in [0, 0.1) is 13.8 Å². The van der Waals surface area contributed by atoms with Gasteiger partial charge in [0.1, 0.15) is 0 Å². The zero-order valence-electron chi connectivity index (χ0n) is 11.1. The molecule has 0 aliphatic heterocycles. The topological polar surface area (TPSA) is 51.8 Å². The molecule has 1 aromatic heterocycles. The molecule has 96 valence electrons. The van der Waals surface area contributed by atoms with Crippen LogP contribution in [0.4, 0.5) is 0 Å². The second-order valence-corrected chi connectivity index (χ2v) is 5.39. The highest BCUT2D eigenvalue weighted by atomic mass is 32.1. The van der Waals surface area contributed by atoms with Crippen LogP contribution in [0.2, 0.25) is 0 Å². The summed E-state index contributed by atoms with van der Waals surface area (Å²) in [5, 5.41) is 4.19. The van der Waals surface area contributed by atoms with Crippen molar-refractivity contribution in [3.05, 3.63) is 45.5 Å². The van der Waals surface area contributed by atoms with E-state index in [1.165, 1.54) is 28.2 Å². The molecule has 18 heavy (non-hydrogen) atoms. The van der Waals surface area contributed by atoms with Gasteiger partial charge in [-0.2, -0.15) is 0 Å². The van der Waals surface area contributed by atoms with Gasteiger partial charge in [-0.3, -0.25) is 0 Å². The molecular formula is C14H19N3S. The number of rotatable bonds is 4. The van der Waals surface area contributed by atoms with Gasteiger partial charge in [0.25, 0.3) is 0 Å². The summed E-state index contributed by atoms with van der Waals surface area (Å²) in [6.07, 6.45) is 2.02. The number of hydrogen-bond donors (Lipinski definition) is 1. The Morgan fingerprint density at radius 3 is 2.83 bits per heavy atom. The van der Waals surface area contributed by atoms with Crippen LogP contribution in [0.3, 0.4) is 0 Å². The Morgan fingerprint density at radius 1 is 1.33 bits per heavy atom. The molecule has 4 heteroatoms. The molecule has 0 radical (unpaired) electrons. The molecule has 3 nitrogen and oxygen atoms in total. The lowest BCUT2D eigenvalue weighted by atomic mass is 9.96. The van der Waals surface area contributed by atoms with Gasteiger partial charge in [-0.05, 0) is 48.5 Å². The summed E-state index contributed by atoms with van der Waals surface area (Å²) >= 11 is 1.42. The van der Waals surface area contributed by atoms with Crippen LogP contribution in [-0.2, 0) is 6.42 Å². The van der Waals surface area contributed by atoms with Crippen LogP contribution in [0.15, 0.2) is 18.2 Å². The number of benzene rings is 1. The fraction of sp³-hybridized carbons (Fsp3) is 0.429. The van der Waals surface area contributed by atoms with Gasteiger partial charge < -0.3 is 5.73 Å². The van der Waals surface area contributed by atoms with Crippen molar-refractivity contribution < 1.29 is 0 Å². The monoisotopic (exact) mass is 261 g/mol. The van der Waals surface area contributed by atoms with E-state index < -0.39 is 0 Å². The highest BCUT2D eigenvalue weighted by Gasteiger charge is 2.18. The second-order valence-electron chi connectivity index (χ2n) is 4.60. The van der Waals surface area contributed by atoms with Gasteiger partial charge >= 0.3 is 0 Å². The first-order chi connectivity index (χ1) is 8.65. The van der Waals surface area contributed by atoms with E-state index in [0.717, 1.165) is 23.4 Å². The van der Waals surface area contributed by atoms with E-state index in [2.05, 4.69) is 48.6 Å². The fourth-order valence-electron chi connectivity index (χ4n) is 2.11. The van der Waals surface area contributed by atoms with E-state index in [1.54, 1.807) is 0 Å². The van der Waals surface area contributed by atoms with E-state index in [9.17, 15) is 0 Å². The van der Waals surface area contributed by atoms with E-state index in [4.69, 9.17) is 5.73 Å². The highest BCUT2D eigenvalue weighted by Crippen LogP contribution is 2.28. The standard InChI is InChI=1S/C14H19N3S/c1-4-6-12-14(18-17-16-12)13(15)11-8-5-7-9(2)10(11)3/h5,7-8,13H,4,6,15H2,1-3H3. The maximum Gasteiger partial charge on any atom is 0.0807 e. The molecular weight excluding hydrogens is 242 g/mol. The molecule has 0 saturated carbocycles. The Labute approximate surface area is 112 Å². The maximum atomic E-state index is 6.39.